The van der Waals surface area contributed by atoms with Crippen LogP contribution in [0.25, 0.3) is 10.1 Å². The van der Waals surface area contributed by atoms with Gasteiger partial charge < -0.3 is 9.47 Å². The van der Waals surface area contributed by atoms with Gasteiger partial charge in [0.2, 0.25) is 0 Å². The number of rotatable bonds is 2. The number of nitrogens with zero attached hydrogens (tertiary/aromatic N) is 1. The summed E-state index contributed by atoms with van der Waals surface area (Å²) in [6.45, 7) is 3.71. The largest absolute Gasteiger partial charge is 0.347 e. The van der Waals surface area contributed by atoms with Crippen LogP contribution in [0.2, 0.25) is 0 Å². The van der Waals surface area contributed by atoms with Gasteiger partial charge in [-0.1, -0.05) is 37.5 Å². The van der Waals surface area contributed by atoms with Gasteiger partial charge >= 0.3 is 0 Å². The summed E-state index contributed by atoms with van der Waals surface area (Å²) in [7, 11) is 0. The van der Waals surface area contributed by atoms with E-state index < -0.39 is 0 Å². The summed E-state index contributed by atoms with van der Waals surface area (Å²) < 4.78 is 13.3. The number of ether oxygens (including phenoxy) is 2. The van der Waals surface area contributed by atoms with Crippen molar-refractivity contribution in [3.63, 3.8) is 0 Å². The molecule has 1 aromatic carbocycles. The van der Waals surface area contributed by atoms with Crippen LogP contribution in [-0.4, -0.2) is 37.0 Å². The zero-order valence-electron chi connectivity index (χ0n) is 14.8. The van der Waals surface area contributed by atoms with E-state index in [0.29, 0.717) is 0 Å². The molecule has 3 aliphatic rings. The fourth-order valence-corrected chi connectivity index (χ4v) is 6.46. The van der Waals surface area contributed by atoms with E-state index in [4.69, 9.17) is 9.47 Å². The SMILES string of the molecule is c1ccc2sc(C3(N4CCC5(CC4)OCCO5)CCCCC3)cc2c1. The summed E-state index contributed by atoms with van der Waals surface area (Å²) in [4.78, 5) is 4.35. The zero-order valence-corrected chi connectivity index (χ0v) is 15.7. The number of piperidine rings is 1. The van der Waals surface area contributed by atoms with Crippen LogP contribution in [0.1, 0.15) is 49.8 Å². The minimum atomic E-state index is -0.271. The predicted molar refractivity (Wildman–Crippen MR) is 102 cm³/mol. The molecule has 4 heteroatoms. The molecule has 134 valence electrons. The maximum atomic E-state index is 5.96. The molecule has 1 saturated carbocycles. The van der Waals surface area contributed by atoms with Crippen molar-refractivity contribution in [3.8, 4) is 0 Å². The first-order valence-electron chi connectivity index (χ1n) is 9.82. The Morgan fingerprint density at radius 3 is 2.32 bits per heavy atom. The van der Waals surface area contributed by atoms with E-state index in [9.17, 15) is 0 Å². The highest BCUT2D eigenvalue weighted by Gasteiger charge is 2.47. The lowest BCUT2D eigenvalue weighted by Gasteiger charge is -2.50. The number of benzene rings is 1. The molecular weight excluding hydrogens is 330 g/mol. The van der Waals surface area contributed by atoms with Crippen LogP contribution >= 0.6 is 11.3 Å². The number of hydrogen-bond acceptors (Lipinski definition) is 4. The monoisotopic (exact) mass is 357 g/mol. The van der Waals surface area contributed by atoms with Gasteiger partial charge in [-0.2, -0.15) is 0 Å². The van der Waals surface area contributed by atoms with E-state index in [1.807, 2.05) is 11.3 Å². The molecule has 3 nitrogen and oxygen atoms in total. The molecule has 2 aromatic rings. The second kappa shape index (κ2) is 6.34. The Morgan fingerprint density at radius 1 is 0.880 bits per heavy atom. The van der Waals surface area contributed by atoms with Gasteiger partial charge in [-0.3, -0.25) is 4.90 Å². The number of thiophene rings is 1. The molecule has 0 unspecified atom stereocenters. The minimum absolute atomic E-state index is 0.238. The van der Waals surface area contributed by atoms with Crippen LogP contribution in [0, 0.1) is 0 Å². The van der Waals surface area contributed by atoms with Gasteiger partial charge in [-0.15, -0.1) is 11.3 Å². The Bertz CT molecular complexity index is 700. The Kier molecular flexibility index (Phi) is 4.12. The molecule has 0 radical (unpaired) electrons. The summed E-state index contributed by atoms with van der Waals surface area (Å²) in [5.41, 5.74) is 0.238. The molecule has 5 rings (SSSR count). The van der Waals surface area contributed by atoms with Crippen molar-refractivity contribution in [2.75, 3.05) is 26.3 Å². The van der Waals surface area contributed by atoms with Crippen LogP contribution in [0.3, 0.4) is 0 Å². The fraction of sp³-hybridized carbons (Fsp3) is 0.619. The summed E-state index contributed by atoms with van der Waals surface area (Å²) in [5, 5.41) is 1.41. The minimum Gasteiger partial charge on any atom is -0.347 e. The van der Waals surface area contributed by atoms with Crippen LogP contribution in [0.5, 0.6) is 0 Å². The van der Waals surface area contributed by atoms with Crippen molar-refractivity contribution in [3.05, 3.63) is 35.2 Å². The van der Waals surface area contributed by atoms with Crippen LogP contribution in [0.4, 0.5) is 0 Å². The van der Waals surface area contributed by atoms with Crippen LogP contribution < -0.4 is 0 Å². The molecule has 0 amide bonds. The number of fused-ring (bicyclic) bond motifs is 1. The molecule has 2 saturated heterocycles. The highest BCUT2D eigenvalue weighted by atomic mass is 32.1. The van der Waals surface area contributed by atoms with Gasteiger partial charge in [-0.05, 0) is 30.4 Å². The van der Waals surface area contributed by atoms with Gasteiger partial charge in [-0.25, -0.2) is 0 Å². The smallest absolute Gasteiger partial charge is 0.170 e. The van der Waals surface area contributed by atoms with Crippen molar-refractivity contribution in [2.24, 2.45) is 0 Å². The van der Waals surface area contributed by atoms with Crippen LogP contribution in [0.15, 0.2) is 30.3 Å². The second-order valence-corrected chi connectivity index (χ2v) is 8.92. The molecule has 25 heavy (non-hydrogen) atoms. The first-order chi connectivity index (χ1) is 12.3. The molecule has 0 bridgehead atoms. The van der Waals surface area contributed by atoms with Crippen molar-refractivity contribution in [2.45, 2.75) is 56.3 Å². The van der Waals surface area contributed by atoms with E-state index >= 15 is 0 Å². The lowest BCUT2D eigenvalue weighted by molar-refractivity contribution is -0.194. The molecule has 0 N–H and O–H groups in total. The number of likely N-dealkylation sites (tertiary alicyclic amines) is 1. The van der Waals surface area contributed by atoms with Gasteiger partial charge in [0.1, 0.15) is 0 Å². The average Bonchev–Trinajstić information content (AvgIpc) is 3.30. The zero-order chi connectivity index (χ0) is 16.7. The molecule has 1 aliphatic carbocycles. The van der Waals surface area contributed by atoms with E-state index in [2.05, 4.69) is 35.2 Å². The third-order valence-corrected chi connectivity index (χ3v) is 7.82. The number of hydrogen-bond donors (Lipinski definition) is 0. The van der Waals surface area contributed by atoms with Gasteiger partial charge in [0.05, 0.1) is 18.8 Å². The fourth-order valence-electron chi connectivity index (χ4n) is 5.13. The maximum Gasteiger partial charge on any atom is 0.170 e. The van der Waals surface area contributed by atoms with Crippen LogP contribution in [-0.2, 0) is 15.0 Å². The van der Waals surface area contributed by atoms with Crippen molar-refractivity contribution in [1.29, 1.82) is 0 Å². The lowest BCUT2D eigenvalue weighted by Crippen LogP contribution is -2.54. The summed E-state index contributed by atoms with van der Waals surface area (Å²) >= 11 is 2.02. The summed E-state index contributed by atoms with van der Waals surface area (Å²) in [6, 6.07) is 11.3. The quantitative estimate of drug-likeness (QED) is 0.763. The molecule has 0 atom stereocenters. The summed E-state index contributed by atoms with van der Waals surface area (Å²) in [6.07, 6.45) is 8.71. The predicted octanol–water partition coefficient (Wildman–Crippen LogP) is 4.90. The van der Waals surface area contributed by atoms with E-state index in [1.165, 1.54) is 42.2 Å². The van der Waals surface area contributed by atoms with Gasteiger partial charge in [0.25, 0.3) is 0 Å². The normalized spacial score (nSPS) is 26.4. The molecule has 3 heterocycles. The summed E-state index contributed by atoms with van der Waals surface area (Å²) in [5.74, 6) is -0.271. The van der Waals surface area contributed by atoms with Gasteiger partial charge in [0, 0.05) is 35.5 Å². The molecule has 1 spiro atoms. The molecule has 3 fully saturated rings. The highest BCUT2D eigenvalue weighted by molar-refractivity contribution is 7.19. The maximum absolute atomic E-state index is 5.96. The molecule has 2 aliphatic heterocycles. The van der Waals surface area contributed by atoms with Gasteiger partial charge in [0.15, 0.2) is 5.79 Å². The second-order valence-electron chi connectivity index (χ2n) is 7.84. The van der Waals surface area contributed by atoms with E-state index in [0.717, 1.165) is 39.1 Å². The first kappa shape index (κ1) is 16.2. The van der Waals surface area contributed by atoms with Crippen molar-refractivity contribution < 1.29 is 9.47 Å². The lowest BCUT2D eigenvalue weighted by atomic mass is 9.77. The first-order valence-corrected chi connectivity index (χ1v) is 10.6. The Labute approximate surface area is 153 Å². The Hall–Kier alpha value is -0.940. The topological polar surface area (TPSA) is 21.7 Å². The highest BCUT2D eigenvalue weighted by Crippen LogP contribution is 2.48. The van der Waals surface area contributed by atoms with Crippen molar-refractivity contribution >= 4 is 21.4 Å². The average molecular weight is 358 g/mol. The third kappa shape index (κ3) is 2.74. The Balaban J connectivity index is 1.47. The standard InChI is InChI=1S/C21H27NO2S/c1-4-8-20(9-5-1,19-16-17-6-2-3-7-18(17)25-19)22-12-10-21(11-13-22)23-14-15-24-21/h2-3,6-7,16H,1,4-5,8-15H2. The van der Waals surface area contributed by atoms with E-state index in [-0.39, 0.29) is 11.3 Å². The molecule has 1 aromatic heterocycles. The molecular formula is C21H27NO2S. The third-order valence-electron chi connectivity index (χ3n) is 6.51. The van der Waals surface area contributed by atoms with Crippen molar-refractivity contribution in [1.82, 2.24) is 4.90 Å². The Morgan fingerprint density at radius 2 is 1.60 bits per heavy atom. The van der Waals surface area contributed by atoms with E-state index in [1.54, 1.807) is 4.88 Å².